The van der Waals surface area contributed by atoms with Crippen LogP contribution in [0.2, 0.25) is 5.02 Å². The van der Waals surface area contributed by atoms with Gasteiger partial charge in [0.1, 0.15) is 5.75 Å². The van der Waals surface area contributed by atoms with Crippen LogP contribution in [0.5, 0.6) is 5.75 Å². The highest BCUT2D eigenvalue weighted by Crippen LogP contribution is 2.38. The fourth-order valence-electron chi connectivity index (χ4n) is 3.40. The van der Waals surface area contributed by atoms with Crippen LogP contribution in [-0.4, -0.2) is 36.5 Å². The van der Waals surface area contributed by atoms with Gasteiger partial charge in [0.25, 0.3) is 5.95 Å². The molecule has 8 nitrogen and oxygen atoms in total. The van der Waals surface area contributed by atoms with E-state index in [2.05, 4.69) is 20.1 Å². The van der Waals surface area contributed by atoms with Gasteiger partial charge in [0.05, 0.1) is 25.4 Å². The summed E-state index contributed by atoms with van der Waals surface area (Å²) in [5, 5.41) is 8.39. The van der Waals surface area contributed by atoms with Gasteiger partial charge in [-0.25, -0.2) is 13.1 Å². The molecule has 0 saturated heterocycles. The number of anilines is 2. The van der Waals surface area contributed by atoms with Gasteiger partial charge >= 0.3 is 0 Å². The van der Waals surface area contributed by atoms with E-state index in [0.717, 1.165) is 23.1 Å². The fourth-order valence-corrected chi connectivity index (χ4v) is 3.95. The smallest absolute Gasteiger partial charge is 0.257 e. The molecule has 2 heterocycles. The Balaban J connectivity index is 1.74. The van der Waals surface area contributed by atoms with Crippen LogP contribution in [0, 0.1) is 0 Å². The van der Waals surface area contributed by atoms with Gasteiger partial charge in [-0.2, -0.15) is 4.98 Å². The first-order valence-electron chi connectivity index (χ1n) is 8.92. The number of aromatic nitrogens is 3. The summed E-state index contributed by atoms with van der Waals surface area (Å²) in [7, 11) is -1.87. The van der Waals surface area contributed by atoms with Crippen LogP contribution in [0.3, 0.4) is 0 Å². The van der Waals surface area contributed by atoms with Crippen molar-refractivity contribution in [3.8, 4) is 5.75 Å². The average Bonchev–Trinajstić information content (AvgIpc) is 3.08. The summed E-state index contributed by atoms with van der Waals surface area (Å²) in [6, 6.07) is 15.2. The lowest BCUT2D eigenvalue weighted by Crippen LogP contribution is -2.28. The van der Waals surface area contributed by atoms with Gasteiger partial charge in [-0.05, 0) is 41.8 Å². The van der Waals surface area contributed by atoms with E-state index >= 15 is 0 Å². The van der Waals surface area contributed by atoms with Crippen LogP contribution in [0.15, 0.2) is 48.5 Å². The van der Waals surface area contributed by atoms with E-state index in [4.69, 9.17) is 16.3 Å². The van der Waals surface area contributed by atoms with Gasteiger partial charge in [0.15, 0.2) is 0 Å². The summed E-state index contributed by atoms with van der Waals surface area (Å²) in [6.45, 7) is 0. The minimum atomic E-state index is -3.49. The minimum Gasteiger partial charge on any atom is -0.497 e. The lowest BCUT2D eigenvalue weighted by Gasteiger charge is -2.31. The van der Waals surface area contributed by atoms with Crippen LogP contribution in [0.4, 0.5) is 11.9 Å². The summed E-state index contributed by atoms with van der Waals surface area (Å²) < 4.78 is 32.5. The van der Waals surface area contributed by atoms with Crippen molar-refractivity contribution in [2.24, 2.45) is 0 Å². The molecule has 0 saturated carbocycles. The molecule has 0 aliphatic carbocycles. The normalized spacial score (nSPS) is 18.6. The summed E-state index contributed by atoms with van der Waals surface area (Å²) in [6.07, 6.45) is 1.76. The predicted molar refractivity (Wildman–Crippen MR) is 112 cm³/mol. The van der Waals surface area contributed by atoms with Crippen LogP contribution in [0.1, 0.15) is 29.6 Å². The molecule has 0 radical (unpaired) electrons. The molecular weight excluding hydrogens is 414 g/mol. The van der Waals surface area contributed by atoms with Gasteiger partial charge in [-0.3, -0.25) is 4.72 Å². The van der Waals surface area contributed by atoms with E-state index in [0.29, 0.717) is 17.4 Å². The number of hydrogen-bond donors (Lipinski definition) is 2. The predicted octanol–water partition coefficient (Wildman–Crippen LogP) is 3.46. The van der Waals surface area contributed by atoms with Crippen molar-refractivity contribution in [2.75, 3.05) is 23.4 Å². The van der Waals surface area contributed by atoms with Crippen LogP contribution in [0.25, 0.3) is 0 Å². The SMILES string of the molecule is COc1ccc([C@H]2C[C@H](c3ccc(Cl)cc3)Nc3nc(NS(C)(=O)=O)nn32)cc1. The second kappa shape index (κ2) is 7.57. The first-order valence-corrected chi connectivity index (χ1v) is 11.2. The third-order valence-electron chi connectivity index (χ3n) is 4.74. The van der Waals surface area contributed by atoms with E-state index in [1.807, 2.05) is 48.5 Å². The Labute approximate surface area is 173 Å². The van der Waals surface area contributed by atoms with Crippen molar-refractivity contribution >= 4 is 33.5 Å². The summed E-state index contributed by atoms with van der Waals surface area (Å²) in [5.41, 5.74) is 2.07. The molecular formula is C19H20ClN5O3S. The number of halogens is 1. The van der Waals surface area contributed by atoms with Crippen molar-refractivity contribution < 1.29 is 13.2 Å². The molecule has 0 amide bonds. The summed E-state index contributed by atoms with van der Waals surface area (Å²) in [5.74, 6) is 1.28. The quantitative estimate of drug-likeness (QED) is 0.639. The second-order valence-electron chi connectivity index (χ2n) is 6.85. The summed E-state index contributed by atoms with van der Waals surface area (Å²) in [4.78, 5) is 4.34. The van der Waals surface area contributed by atoms with Crippen molar-refractivity contribution in [2.45, 2.75) is 18.5 Å². The van der Waals surface area contributed by atoms with Crippen molar-refractivity contribution in [1.82, 2.24) is 14.8 Å². The molecule has 2 atom stereocenters. The lowest BCUT2D eigenvalue weighted by molar-refractivity contribution is 0.411. The standard InChI is InChI=1S/C19H20ClN5O3S/c1-28-15-9-5-13(6-10-15)17-11-16(12-3-7-14(20)8-4-12)21-19-22-18(23-25(17)19)24-29(2,26)27/h3-10,16-17H,11H2,1-2H3,(H2,21,22,23,24)/t16-,17-/m1/s1. The monoisotopic (exact) mass is 433 g/mol. The van der Waals surface area contributed by atoms with E-state index in [1.165, 1.54) is 0 Å². The van der Waals surface area contributed by atoms with Crippen molar-refractivity contribution in [1.29, 1.82) is 0 Å². The van der Waals surface area contributed by atoms with Crippen LogP contribution in [-0.2, 0) is 10.0 Å². The van der Waals surface area contributed by atoms with Gasteiger partial charge in [0.2, 0.25) is 16.0 Å². The first kappa shape index (κ1) is 19.5. The molecule has 29 heavy (non-hydrogen) atoms. The molecule has 2 aromatic carbocycles. The Morgan fingerprint density at radius 2 is 1.79 bits per heavy atom. The number of rotatable bonds is 5. The van der Waals surface area contributed by atoms with Gasteiger partial charge < -0.3 is 10.1 Å². The first-order chi connectivity index (χ1) is 13.8. The topological polar surface area (TPSA) is 98.1 Å². The fraction of sp³-hybridized carbons (Fsp3) is 0.263. The molecule has 0 unspecified atom stereocenters. The molecule has 0 bridgehead atoms. The molecule has 3 aromatic rings. The molecule has 4 rings (SSSR count). The van der Waals surface area contributed by atoms with E-state index in [9.17, 15) is 8.42 Å². The van der Waals surface area contributed by atoms with E-state index in [-0.39, 0.29) is 18.0 Å². The van der Waals surface area contributed by atoms with Crippen molar-refractivity contribution in [3.63, 3.8) is 0 Å². The third-order valence-corrected chi connectivity index (χ3v) is 5.54. The summed E-state index contributed by atoms with van der Waals surface area (Å²) >= 11 is 6.03. The molecule has 2 N–H and O–H groups in total. The third kappa shape index (κ3) is 4.30. The van der Waals surface area contributed by atoms with E-state index < -0.39 is 10.0 Å². The van der Waals surface area contributed by atoms with Crippen molar-refractivity contribution in [3.05, 3.63) is 64.7 Å². The highest BCUT2D eigenvalue weighted by Gasteiger charge is 2.31. The zero-order valence-electron chi connectivity index (χ0n) is 15.8. The number of ether oxygens (including phenoxy) is 1. The highest BCUT2D eigenvalue weighted by molar-refractivity contribution is 7.91. The molecule has 1 aliphatic rings. The number of methoxy groups -OCH3 is 1. The van der Waals surface area contributed by atoms with Gasteiger partial charge in [-0.15, -0.1) is 5.10 Å². The van der Waals surface area contributed by atoms with Crippen LogP contribution >= 0.6 is 11.6 Å². The number of nitrogens with zero attached hydrogens (tertiary/aromatic N) is 3. The Bertz CT molecular complexity index is 1110. The Hall–Kier alpha value is -2.78. The van der Waals surface area contributed by atoms with Gasteiger partial charge in [-0.1, -0.05) is 35.9 Å². The number of fused-ring (bicyclic) bond motifs is 1. The largest absolute Gasteiger partial charge is 0.497 e. The van der Waals surface area contributed by atoms with Crippen LogP contribution < -0.4 is 14.8 Å². The second-order valence-corrected chi connectivity index (χ2v) is 9.04. The molecule has 152 valence electrons. The maximum absolute atomic E-state index is 11.6. The Morgan fingerprint density at radius 3 is 2.41 bits per heavy atom. The minimum absolute atomic E-state index is 0.0327. The Kier molecular flexibility index (Phi) is 5.10. The maximum Gasteiger partial charge on any atom is 0.257 e. The molecule has 1 aliphatic heterocycles. The van der Waals surface area contributed by atoms with Gasteiger partial charge in [0, 0.05) is 5.02 Å². The average molecular weight is 434 g/mol. The zero-order valence-corrected chi connectivity index (χ0v) is 17.4. The number of nitrogens with one attached hydrogen (secondary N) is 2. The maximum atomic E-state index is 11.6. The van der Waals surface area contributed by atoms with E-state index in [1.54, 1.807) is 11.8 Å². The zero-order chi connectivity index (χ0) is 20.6. The molecule has 1 aromatic heterocycles. The number of hydrogen-bond acceptors (Lipinski definition) is 6. The number of benzene rings is 2. The highest BCUT2D eigenvalue weighted by atomic mass is 35.5. The Morgan fingerprint density at radius 1 is 1.14 bits per heavy atom. The molecule has 0 fully saturated rings. The number of sulfonamides is 1. The molecule has 10 heteroatoms. The molecule has 0 spiro atoms. The lowest BCUT2D eigenvalue weighted by atomic mass is 9.93.